The summed E-state index contributed by atoms with van der Waals surface area (Å²) in [6, 6.07) is 4.02. The van der Waals surface area contributed by atoms with E-state index in [4.69, 9.17) is 0 Å². The summed E-state index contributed by atoms with van der Waals surface area (Å²) >= 11 is 1.27. The minimum Gasteiger partial charge on any atom is -0.322 e. The van der Waals surface area contributed by atoms with Crippen LogP contribution in [0.25, 0.3) is 10.8 Å². The molecule has 2 aromatic rings. The van der Waals surface area contributed by atoms with E-state index in [2.05, 4.69) is 21.0 Å². The molecule has 1 saturated carbocycles. The molecule has 22 heavy (non-hydrogen) atoms. The number of aryl methyl sites for hydroxylation is 1. The molecular formula is C15H15N5OS. The van der Waals surface area contributed by atoms with Gasteiger partial charge in [-0.2, -0.15) is 5.26 Å². The SMILES string of the molecule is Cc1nc(-c2ncccn2)sc1C(=O)N(C)C1(C#N)CCC1. The molecule has 7 heteroatoms. The summed E-state index contributed by atoms with van der Waals surface area (Å²) in [7, 11) is 1.70. The van der Waals surface area contributed by atoms with E-state index in [1.807, 2.05) is 0 Å². The van der Waals surface area contributed by atoms with Crippen LogP contribution in [0.3, 0.4) is 0 Å². The molecule has 1 aliphatic rings. The van der Waals surface area contributed by atoms with E-state index in [9.17, 15) is 10.1 Å². The number of amides is 1. The number of hydrogen-bond acceptors (Lipinski definition) is 6. The van der Waals surface area contributed by atoms with E-state index in [0.717, 1.165) is 19.3 Å². The fourth-order valence-corrected chi connectivity index (χ4v) is 3.47. The topological polar surface area (TPSA) is 82.8 Å². The van der Waals surface area contributed by atoms with Crippen LogP contribution in [0, 0.1) is 18.3 Å². The van der Waals surface area contributed by atoms with Crippen molar-refractivity contribution in [2.75, 3.05) is 7.05 Å². The van der Waals surface area contributed by atoms with Crippen molar-refractivity contribution < 1.29 is 4.79 Å². The van der Waals surface area contributed by atoms with Gasteiger partial charge in [0, 0.05) is 19.4 Å². The zero-order valence-electron chi connectivity index (χ0n) is 12.4. The van der Waals surface area contributed by atoms with Gasteiger partial charge in [0.05, 0.1) is 11.8 Å². The lowest BCUT2D eigenvalue weighted by Crippen LogP contribution is -2.53. The number of thiazole rings is 1. The summed E-state index contributed by atoms with van der Waals surface area (Å²) in [5.74, 6) is 0.356. The molecule has 0 atom stereocenters. The molecule has 112 valence electrons. The van der Waals surface area contributed by atoms with Crippen molar-refractivity contribution in [3.8, 4) is 16.9 Å². The lowest BCUT2D eigenvalue weighted by atomic mass is 9.76. The molecule has 2 heterocycles. The van der Waals surface area contributed by atoms with E-state index in [1.165, 1.54) is 11.3 Å². The lowest BCUT2D eigenvalue weighted by Gasteiger charge is -2.42. The van der Waals surface area contributed by atoms with E-state index in [-0.39, 0.29) is 5.91 Å². The monoisotopic (exact) mass is 313 g/mol. The highest BCUT2D eigenvalue weighted by atomic mass is 32.1. The van der Waals surface area contributed by atoms with E-state index >= 15 is 0 Å². The van der Waals surface area contributed by atoms with Crippen LogP contribution in [-0.4, -0.2) is 38.3 Å². The molecule has 3 rings (SSSR count). The Morgan fingerprint density at radius 3 is 2.64 bits per heavy atom. The molecule has 0 spiro atoms. The Hall–Kier alpha value is -2.33. The van der Waals surface area contributed by atoms with Crippen molar-refractivity contribution in [2.24, 2.45) is 0 Å². The fourth-order valence-electron chi connectivity index (χ4n) is 2.48. The highest BCUT2D eigenvalue weighted by Crippen LogP contribution is 2.38. The summed E-state index contributed by atoms with van der Waals surface area (Å²) in [5.41, 5.74) is -0.00609. The van der Waals surface area contributed by atoms with Gasteiger partial charge in [0.2, 0.25) is 0 Å². The fraction of sp³-hybridized carbons (Fsp3) is 0.400. The minimum absolute atomic E-state index is 0.154. The summed E-state index contributed by atoms with van der Waals surface area (Å²) < 4.78 is 0. The average molecular weight is 313 g/mol. The maximum Gasteiger partial charge on any atom is 0.266 e. The van der Waals surface area contributed by atoms with E-state index < -0.39 is 5.54 Å². The number of carbonyl (C=O) groups is 1. The number of aromatic nitrogens is 3. The number of nitriles is 1. The molecule has 1 amide bonds. The van der Waals surface area contributed by atoms with Crippen LogP contribution < -0.4 is 0 Å². The van der Waals surface area contributed by atoms with Crippen molar-refractivity contribution in [1.82, 2.24) is 19.9 Å². The van der Waals surface area contributed by atoms with Gasteiger partial charge >= 0.3 is 0 Å². The number of nitrogens with zero attached hydrogens (tertiary/aromatic N) is 5. The van der Waals surface area contributed by atoms with Crippen molar-refractivity contribution in [1.29, 1.82) is 5.26 Å². The third-order valence-corrected chi connectivity index (χ3v) is 5.22. The van der Waals surface area contributed by atoms with Crippen molar-refractivity contribution >= 4 is 17.2 Å². The highest BCUT2D eigenvalue weighted by molar-refractivity contribution is 7.17. The molecule has 0 N–H and O–H groups in total. The van der Waals surface area contributed by atoms with Crippen molar-refractivity contribution in [3.63, 3.8) is 0 Å². The summed E-state index contributed by atoms with van der Waals surface area (Å²) in [6.07, 6.45) is 5.74. The van der Waals surface area contributed by atoms with Gasteiger partial charge in [0.25, 0.3) is 5.91 Å². The maximum absolute atomic E-state index is 12.7. The molecule has 6 nitrogen and oxygen atoms in total. The Morgan fingerprint density at radius 1 is 1.41 bits per heavy atom. The molecular weight excluding hydrogens is 298 g/mol. The molecule has 0 saturated heterocycles. The molecule has 1 fully saturated rings. The van der Waals surface area contributed by atoms with Crippen LogP contribution in [0.2, 0.25) is 0 Å². The number of rotatable bonds is 3. The number of hydrogen-bond donors (Lipinski definition) is 0. The predicted octanol–water partition coefficient (Wildman–Crippen LogP) is 2.43. The zero-order valence-corrected chi connectivity index (χ0v) is 13.2. The Labute approximate surface area is 132 Å². The third-order valence-electron chi connectivity index (χ3n) is 4.08. The maximum atomic E-state index is 12.7. The standard InChI is InChI=1S/C15H15N5OS/c1-10-11(14(21)20(2)15(9-16)5-3-6-15)22-13(19-10)12-17-7-4-8-18-12/h4,7-8H,3,5-6H2,1-2H3. The van der Waals surface area contributed by atoms with Gasteiger partial charge in [-0.15, -0.1) is 11.3 Å². The quantitative estimate of drug-likeness (QED) is 0.869. The van der Waals surface area contributed by atoms with Crippen LogP contribution in [0.5, 0.6) is 0 Å². The first kappa shape index (κ1) is 14.6. The molecule has 1 aliphatic carbocycles. The normalized spacial score (nSPS) is 15.7. The second-order valence-corrected chi connectivity index (χ2v) is 6.37. The summed E-state index contributed by atoms with van der Waals surface area (Å²) in [5, 5.41) is 10.00. The predicted molar refractivity (Wildman–Crippen MR) is 82.2 cm³/mol. The Kier molecular flexibility index (Phi) is 3.62. The van der Waals surface area contributed by atoms with Gasteiger partial charge in [0.15, 0.2) is 10.8 Å². The van der Waals surface area contributed by atoms with Crippen LogP contribution in [0.4, 0.5) is 0 Å². The first-order valence-corrected chi connectivity index (χ1v) is 7.83. The van der Waals surface area contributed by atoms with Crippen LogP contribution in [0.15, 0.2) is 18.5 Å². The van der Waals surface area contributed by atoms with Gasteiger partial charge in [0.1, 0.15) is 10.4 Å². The Bertz CT molecular complexity index is 745. The van der Waals surface area contributed by atoms with Crippen LogP contribution in [-0.2, 0) is 0 Å². The second-order valence-electron chi connectivity index (χ2n) is 5.37. The Morgan fingerprint density at radius 2 is 2.09 bits per heavy atom. The van der Waals surface area contributed by atoms with Gasteiger partial charge in [-0.25, -0.2) is 15.0 Å². The van der Waals surface area contributed by atoms with Gasteiger partial charge in [-0.05, 0) is 32.3 Å². The van der Waals surface area contributed by atoms with E-state index in [1.54, 1.807) is 37.3 Å². The first-order chi connectivity index (χ1) is 10.6. The van der Waals surface area contributed by atoms with Crippen LogP contribution >= 0.6 is 11.3 Å². The smallest absolute Gasteiger partial charge is 0.266 e. The molecule has 0 aromatic carbocycles. The second kappa shape index (κ2) is 5.46. The average Bonchev–Trinajstić information content (AvgIpc) is 2.89. The van der Waals surface area contributed by atoms with Gasteiger partial charge in [-0.1, -0.05) is 0 Å². The van der Waals surface area contributed by atoms with E-state index in [0.29, 0.717) is 21.4 Å². The molecule has 0 aliphatic heterocycles. The van der Waals surface area contributed by atoms with Gasteiger partial charge in [-0.3, -0.25) is 4.79 Å². The first-order valence-electron chi connectivity index (χ1n) is 7.02. The molecule has 2 aromatic heterocycles. The summed E-state index contributed by atoms with van der Waals surface area (Å²) in [4.78, 5) is 27.5. The minimum atomic E-state index is -0.656. The van der Waals surface area contributed by atoms with Gasteiger partial charge < -0.3 is 4.90 Å². The Balaban J connectivity index is 1.91. The largest absolute Gasteiger partial charge is 0.322 e. The van der Waals surface area contributed by atoms with Crippen molar-refractivity contribution in [2.45, 2.75) is 31.7 Å². The third kappa shape index (κ3) is 2.25. The zero-order chi connectivity index (χ0) is 15.7. The highest BCUT2D eigenvalue weighted by Gasteiger charge is 2.44. The molecule has 0 bridgehead atoms. The number of carbonyl (C=O) groups excluding carboxylic acids is 1. The lowest BCUT2D eigenvalue weighted by molar-refractivity contribution is 0.0501. The molecule has 0 radical (unpaired) electrons. The van der Waals surface area contributed by atoms with Crippen molar-refractivity contribution in [3.05, 3.63) is 29.0 Å². The molecule has 0 unspecified atom stereocenters. The van der Waals surface area contributed by atoms with Crippen LogP contribution in [0.1, 0.15) is 34.6 Å². The summed E-state index contributed by atoms with van der Waals surface area (Å²) in [6.45, 7) is 1.80.